The lowest BCUT2D eigenvalue weighted by Gasteiger charge is -2.26. The highest BCUT2D eigenvalue weighted by Gasteiger charge is 2.38. The minimum atomic E-state index is -1.02. The SMILES string of the molecule is CCCCC(NC(=O)OCC1c2ccccc2-c2ccccc21)C(=O)N1CSCC1C(=O)O. The van der Waals surface area contributed by atoms with Crippen molar-refractivity contribution in [2.45, 2.75) is 44.2 Å². The molecule has 174 valence electrons. The number of alkyl carbamates (subject to hydrolysis) is 1. The van der Waals surface area contributed by atoms with E-state index in [0.29, 0.717) is 18.1 Å². The van der Waals surface area contributed by atoms with Crippen molar-refractivity contribution in [3.05, 3.63) is 59.7 Å². The third-order valence-electron chi connectivity index (χ3n) is 6.23. The smallest absolute Gasteiger partial charge is 0.407 e. The molecule has 0 radical (unpaired) electrons. The average Bonchev–Trinajstić information content (AvgIpc) is 3.43. The second-order valence-corrected chi connectivity index (χ2v) is 9.33. The highest BCUT2D eigenvalue weighted by molar-refractivity contribution is 7.99. The van der Waals surface area contributed by atoms with Crippen molar-refractivity contribution < 1.29 is 24.2 Å². The number of aliphatic carboxylic acids is 1. The molecule has 1 aliphatic carbocycles. The number of carbonyl (C=O) groups excluding carboxylic acids is 2. The van der Waals surface area contributed by atoms with Crippen LogP contribution in [0, 0.1) is 0 Å². The number of carboxylic acid groups (broad SMARTS) is 1. The van der Waals surface area contributed by atoms with Crippen molar-refractivity contribution >= 4 is 29.7 Å². The fourth-order valence-corrected chi connectivity index (χ4v) is 5.67. The average molecular weight is 469 g/mol. The van der Waals surface area contributed by atoms with Crippen LogP contribution in [0.1, 0.15) is 43.2 Å². The molecule has 0 bridgehead atoms. The Labute approximate surface area is 197 Å². The number of ether oxygens (including phenoxy) is 1. The van der Waals surface area contributed by atoms with Gasteiger partial charge in [0.05, 0.1) is 5.88 Å². The number of benzene rings is 2. The summed E-state index contributed by atoms with van der Waals surface area (Å²) in [4.78, 5) is 38.6. The van der Waals surface area contributed by atoms with Gasteiger partial charge in [0.1, 0.15) is 18.7 Å². The van der Waals surface area contributed by atoms with Gasteiger partial charge in [-0.25, -0.2) is 9.59 Å². The molecule has 0 aromatic heterocycles. The highest BCUT2D eigenvalue weighted by Crippen LogP contribution is 2.44. The molecule has 1 heterocycles. The Morgan fingerprint density at radius 1 is 1.12 bits per heavy atom. The van der Waals surface area contributed by atoms with Crippen LogP contribution in [0.2, 0.25) is 0 Å². The Morgan fingerprint density at radius 2 is 1.76 bits per heavy atom. The molecule has 1 saturated heterocycles. The second-order valence-electron chi connectivity index (χ2n) is 8.33. The van der Waals surface area contributed by atoms with Crippen LogP contribution >= 0.6 is 11.8 Å². The predicted molar refractivity (Wildman–Crippen MR) is 127 cm³/mol. The number of amides is 2. The number of nitrogens with zero attached hydrogens (tertiary/aromatic N) is 1. The molecule has 0 spiro atoms. The van der Waals surface area contributed by atoms with Crippen LogP contribution in [-0.4, -0.2) is 58.3 Å². The highest BCUT2D eigenvalue weighted by atomic mass is 32.2. The van der Waals surface area contributed by atoms with E-state index in [0.717, 1.165) is 35.1 Å². The summed E-state index contributed by atoms with van der Waals surface area (Å²) in [6, 6.07) is 14.5. The lowest BCUT2D eigenvalue weighted by Crippen LogP contribution is -2.52. The maximum Gasteiger partial charge on any atom is 0.407 e. The zero-order valence-electron chi connectivity index (χ0n) is 18.5. The lowest BCUT2D eigenvalue weighted by atomic mass is 9.98. The summed E-state index contributed by atoms with van der Waals surface area (Å²) in [5.41, 5.74) is 4.51. The molecule has 2 unspecified atom stereocenters. The maximum atomic E-state index is 13.1. The zero-order valence-corrected chi connectivity index (χ0v) is 19.3. The number of carboxylic acids is 1. The Morgan fingerprint density at radius 3 is 2.36 bits per heavy atom. The van der Waals surface area contributed by atoms with Crippen molar-refractivity contribution in [2.75, 3.05) is 18.2 Å². The van der Waals surface area contributed by atoms with Gasteiger partial charge in [0, 0.05) is 11.7 Å². The second kappa shape index (κ2) is 10.3. The minimum absolute atomic E-state index is 0.0701. The predicted octanol–water partition coefficient (Wildman–Crippen LogP) is 4.07. The molecular formula is C25H28N2O5S. The zero-order chi connectivity index (χ0) is 23.4. The number of unbranched alkanes of at least 4 members (excludes halogenated alkanes) is 1. The number of nitrogens with one attached hydrogen (secondary N) is 1. The van der Waals surface area contributed by atoms with Gasteiger partial charge in [-0.2, -0.15) is 0 Å². The Balaban J connectivity index is 1.43. The first kappa shape index (κ1) is 23.2. The number of thioether (sulfide) groups is 1. The van der Waals surface area contributed by atoms with E-state index in [4.69, 9.17) is 4.74 Å². The molecule has 2 atom stereocenters. The van der Waals surface area contributed by atoms with Gasteiger partial charge in [-0.1, -0.05) is 68.3 Å². The van der Waals surface area contributed by atoms with Crippen LogP contribution < -0.4 is 5.32 Å². The summed E-state index contributed by atoms with van der Waals surface area (Å²) in [6.45, 7) is 2.16. The van der Waals surface area contributed by atoms with E-state index < -0.39 is 24.1 Å². The largest absolute Gasteiger partial charge is 0.480 e. The number of hydrogen-bond donors (Lipinski definition) is 2. The van der Waals surface area contributed by atoms with Crippen molar-refractivity contribution in [3.63, 3.8) is 0 Å². The number of rotatable bonds is 8. The summed E-state index contributed by atoms with van der Waals surface area (Å²) in [5.74, 6) is -0.797. The first-order valence-electron chi connectivity index (χ1n) is 11.2. The van der Waals surface area contributed by atoms with E-state index in [-0.39, 0.29) is 18.4 Å². The Hall–Kier alpha value is -3.00. The third-order valence-corrected chi connectivity index (χ3v) is 7.24. The lowest BCUT2D eigenvalue weighted by molar-refractivity contribution is -0.148. The van der Waals surface area contributed by atoms with Gasteiger partial charge in [-0.15, -0.1) is 11.8 Å². The van der Waals surface area contributed by atoms with E-state index >= 15 is 0 Å². The summed E-state index contributed by atoms with van der Waals surface area (Å²) < 4.78 is 5.59. The molecule has 2 amide bonds. The quantitative estimate of drug-likeness (QED) is 0.606. The van der Waals surface area contributed by atoms with Crippen molar-refractivity contribution in [3.8, 4) is 11.1 Å². The van der Waals surface area contributed by atoms with Gasteiger partial charge in [0.2, 0.25) is 5.91 Å². The van der Waals surface area contributed by atoms with Crippen LogP contribution in [0.4, 0.5) is 4.79 Å². The minimum Gasteiger partial charge on any atom is -0.480 e. The van der Waals surface area contributed by atoms with E-state index in [2.05, 4.69) is 17.4 Å². The molecule has 2 N–H and O–H groups in total. The molecule has 33 heavy (non-hydrogen) atoms. The summed E-state index contributed by atoms with van der Waals surface area (Å²) >= 11 is 1.40. The van der Waals surface area contributed by atoms with E-state index in [1.807, 2.05) is 43.3 Å². The van der Waals surface area contributed by atoms with Gasteiger partial charge >= 0.3 is 12.1 Å². The third kappa shape index (κ3) is 4.85. The molecule has 1 fully saturated rings. The fraction of sp³-hybridized carbons (Fsp3) is 0.400. The maximum absolute atomic E-state index is 13.1. The molecule has 7 nitrogen and oxygen atoms in total. The number of hydrogen-bond acceptors (Lipinski definition) is 5. The molecule has 0 saturated carbocycles. The molecule has 4 rings (SSSR count). The normalized spacial score (nSPS) is 17.8. The van der Waals surface area contributed by atoms with Crippen LogP contribution in [0.15, 0.2) is 48.5 Å². The standard InChI is InChI=1S/C25H28N2O5S/c1-2-3-12-21(23(28)27-15-33-14-22(27)24(29)30)26-25(31)32-13-20-18-10-6-4-8-16(18)17-9-5-7-11-19(17)20/h4-11,20-22H,2-3,12-15H2,1H3,(H,26,31)(H,29,30). The molecule has 1 aliphatic heterocycles. The van der Waals surface area contributed by atoms with Gasteiger partial charge in [-0.05, 0) is 28.7 Å². The van der Waals surface area contributed by atoms with Crippen LogP contribution in [0.3, 0.4) is 0 Å². The van der Waals surface area contributed by atoms with Crippen molar-refractivity contribution in [1.29, 1.82) is 0 Å². The first-order chi connectivity index (χ1) is 16.0. The van der Waals surface area contributed by atoms with Crippen LogP contribution in [-0.2, 0) is 14.3 Å². The van der Waals surface area contributed by atoms with E-state index in [1.165, 1.54) is 16.7 Å². The van der Waals surface area contributed by atoms with Crippen LogP contribution in [0.5, 0.6) is 0 Å². The number of fused-ring (bicyclic) bond motifs is 3. The van der Waals surface area contributed by atoms with Crippen molar-refractivity contribution in [2.24, 2.45) is 0 Å². The Bertz CT molecular complexity index is 997. The Kier molecular flexibility index (Phi) is 7.23. The van der Waals surface area contributed by atoms with Gasteiger partial charge in [0.15, 0.2) is 0 Å². The molecule has 2 aliphatic rings. The molecule has 2 aromatic rings. The number of carbonyl (C=O) groups is 3. The van der Waals surface area contributed by atoms with Crippen LogP contribution in [0.25, 0.3) is 11.1 Å². The molecule has 2 aromatic carbocycles. The molecule has 8 heteroatoms. The monoisotopic (exact) mass is 468 g/mol. The van der Waals surface area contributed by atoms with E-state index in [9.17, 15) is 19.5 Å². The molecular weight excluding hydrogens is 440 g/mol. The van der Waals surface area contributed by atoms with Gasteiger partial charge in [0.25, 0.3) is 0 Å². The van der Waals surface area contributed by atoms with Gasteiger partial charge < -0.3 is 20.1 Å². The summed E-state index contributed by atoms with van der Waals surface area (Å²) in [7, 11) is 0. The van der Waals surface area contributed by atoms with E-state index in [1.54, 1.807) is 0 Å². The van der Waals surface area contributed by atoms with Gasteiger partial charge in [-0.3, -0.25) is 4.79 Å². The fourth-order valence-electron chi connectivity index (χ4n) is 4.51. The summed E-state index contributed by atoms with van der Waals surface area (Å²) in [6.07, 6.45) is 1.36. The summed E-state index contributed by atoms with van der Waals surface area (Å²) in [5, 5.41) is 12.1. The van der Waals surface area contributed by atoms with Crippen molar-refractivity contribution in [1.82, 2.24) is 10.2 Å². The first-order valence-corrected chi connectivity index (χ1v) is 12.4. The topological polar surface area (TPSA) is 95.9 Å².